The Labute approximate surface area is 64.4 Å². The van der Waals surface area contributed by atoms with Crippen molar-refractivity contribution in [3.05, 3.63) is 24.4 Å². The fourth-order valence-corrected chi connectivity index (χ4v) is 1.70. The van der Waals surface area contributed by atoms with Gasteiger partial charge in [0.1, 0.15) is 0 Å². The molecule has 0 spiro atoms. The van der Waals surface area contributed by atoms with Gasteiger partial charge in [-0.2, -0.15) is 0 Å². The zero-order valence-electron chi connectivity index (χ0n) is 4.16. The van der Waals surface area contributed by atoms with E-state index in [4.69, 9.17) is 0 Å². The van der Waals surface area contributed by atoms with Crippen molar-refractivity contribution in [1.82, 2.24) is 4.98 Å². The average Bonchev–Trinajstić information content (AvgIpc) is 1.90. The van der Waals surface area contributed by atoms with Gasteiger partial charge in [0.25, 0.3) is 0 Å². The molecule has 0 unspecified atom stereocenters. The summed E-state index contributed by atoms with van der Waals surface area (Å²) in [4.78, 5) is 4.08. The van der Waals surface area contributed by atoms with Crippen LogP contribution in [-0.4, -0.2) is 26.1 Å². The molecular formula is C5H4NSSn. The van der Waals surface area contributed by atoms with Crippen LogP contribution < -0.4 is 0 Å². The third-order valence-electron chi connectivity index (χ3n) is 0.742. The van der Waals surface area contributed by atoms with E-state index in [1.165, 1.54) is 21.1 Å². The van der Waals surface area contributed by atoms with E-state index in [1.807, 2.05) is 24.4 Å². The fourth-order valence-electron chi connectivity index (χ4n) is 0.407. The molecule has 0 bridgehead atoms. The van der Waals surface area contributed by atoms with Crippen LogP contribution >= 0.6 is 8.95 Å². The van der Waals surface area contributed by atoms with E-state index in [0.717, 1.165) is 5.03 Å². The molecule has 0 aliphatic rings. The summed E-state index contributed by atoms with van der Waals surface area (Å²) in [5.41, 5.74) is 0. The quantitative estimate of drug-likeness (QED) is 0.672. The zero-order valence-corrected chi connectivity index (χ0v) is 7.84. The van der Waals surface area contributed by atoms with E-state index in [-0.39, 0.29) is 0 Å². The van der Waals surface area contributed by atoms with Crippen LogP contribution in [0, 0.1) is 0 Å². The number of rotatable bonds is 1. The van der Waals surface area contributed by atoms with Crippen LogP contribution in [0.1, 0.15) is 0 Å². The van der Waals surface area contributed by atoms with Crippen LogP contribution in [0.3, 0.4) is 0 Å². The van der Waals surface area contributed by atoms with Crippen LogP contribution in [0.25, 0.3) is 0 Å². The van der Waals surface area contributed by atoms with Crippen LogP contribution in [0.5, 0.6) is 0 Å². The van der Waals surface area contributed by atoms with Gasteiger partial charge in [0.2, 0.25) is 0 Å². The monoisotopic (exact) mass is 230 g/mol. The molecule has 3 heteroatoms. The molecule has 1 aromatic rings. The van der Waals surface area contributed by atoms with Crippen molar-refractivity contribution >= 4 is 30.1 Å². The molecule has 39 valence electrons. The van der Waals surface area contributed by atoms with Crippen molar-refractivity contribution in [1.29, 1.82) is 0 Å². The summed E-state index contributed by atoms with van der Waals surface area (Å²) in [7, 11) is 1.75. The van der Waals surface area contributed by atoms with Gasteiger partial charge in [-0.15, -0.1) is 0 Å². The molecule has 0 fully saturated rings. The number of hydrogen-bond donors (Lipinski definition) is 0. The van der Waals surface area contributed by atoms with Crippen molar-refractivity contribution in [2.75, 3.05) is 0 Å². The number of pyridine rings is 1. The Hall–Kier alpha value is 0.299. The first-order valence-corrected chi connectivity index (χ1v) is 6.49. The van der Waals surface area contributed by atoms with Crippen molar-refractivity contribution in [2.45, 2.75) is 5.03 Å². The first kappa shape index (κ1) is 6.42. The molecule has 3 radical (unpaired) electrons. The van der Waals surface area contributed by atoms with E-state index < -0.39 is 0 Å². The van der Waals surface area contributed by atoms with Gasteiger partial charge in [0.05, 0.1) is 0 Å². The summed E-state index contributed by atoms with van der Waals surface area (Å²) < 4.78 is 0. The summed E-state index contributed by atoms with van der Waals surface area (Å²) in [5, 5.41) is 1.12. The molecular weight excluding hydrogens is 225 g/mol. The predicted octanol–water partition coefficient (Wildman–Crippen LogP) is 1.26. The summed E-state index contributed by atoms with van der Waals surface area (Å²) in [6.45, 7) is 0. The molecule has 8 heavy (non-hydrogen) atoms. The molecule has 0 aliphatic carbocycles. The molecule has 0 amide bonds. The van der Waals surface area contributed by atoms with Crippen LogP contribution in [0.15, 0.2) is 29.4 Å². The van der Waals surface area contributed by atoms with Crippen molar-refractivity contribution in [3.63, 3.8) is 0 Å². The summed E-state index contributed by atoms with van der Waals surface area (Å²) in [5.74, 6) is 0. The average molecular weight is 229 g/mol. The molecule has 0 N–H and O–H groups in total. The Morgan fingerprint density at radius 3 is 2.75 bits per heavy atom. The molecule has 1 nitrogen and oxygen atoms in total. The van der Waals surface area contributed by atoms with Crippen LogP contribution in [0.4, 0.5) is 0 Å². The molecule has 1 aromatic heterocycles. The van der Waals surface area contributed by atoms with Gasteiger partial charge >= 0.3 is 64.5 Å². The van der Waals surface area contributed by atoms with Gasteiger partial charge < -0.3 is 0 Å². The first-order valence-electron chi connectivity index (χ1n) is 2.18. The number of aromatic nitrogens is 1. The number of nitrogens with zero attached hydrogens (tertiary/aromatic N) is 1. The van der Waals surface area contributed by atoms with Gasteiger partial charge in [-0.1, -0.05) is 0 Å². The third kappa shape index (κ3) is 1.67. The van der Waals surface area contributed by atoms with E-state index in [2.05, 4.69) is 4.98 Å². The fraction of sp³-hybridized carbons (Fsp3) is 0. The Balaban J connectivity index is 2.83. The topological polar surface area (TPSA) is 12.9 Å². The molecule has 0 saturated carbocycles. The van der Waals surface area contributed by atoms with Gasteiger partial charge in [-0.25, -0.2) is 0 Å². The molecule has 0 aromatic carbocycles. The zero-order chi connectivity index (χ0) is 5.82. The van der Waals surface area contributed by atoms with Crippen LogP contribution in [-0.2, 0) is 0 Å². The summed E-state index contributed by atoms with van der Waals surface area (Å²) >= 11 is 1.44. The van der Waals surface area contributed by atoms with Gasteiger partial charge in [-0.3, -0.25) is 0 Å². The molecule has 0 atom stereocenters. The Kier molecular flexibility index (Phi) is 2.69. The predicted molar refractivity (Wildman–Crippen MR) is 35.8 cm³/mol. The van der Waals surface area contributed by atoms with Crippen molar-refractivity contribution in [2.24, 2.45) is 0 Å². The first-order chi connectivity index (χ1) is 3.93. The second-order valence-electron chi connectivity index (χ2n) is 1.27. The van der Waals surface area contributed by atoms with Gasteiger partial charge in [0.15, 0.2) is 0 Å². The Bertz CT molecular complexity index is 154. The third-order valence-corrected chi connectivity index (χ3v) is 2.98. The minimum absolute atomic E-state index is 1.12. The Morgan fingerprint density at radius 1 is 1.50 bits per heavy atom. The number of hydrogen-bond acceptors (Lipinski definition) is 2. The van der Waals surface area contributed by atoms with Gasteiger partial charge in [-0.05, 0) is 0 Å². The summed E-state index contributed by atoms with van der Waals surface area (Å²) in [6.07, 6.45) is 1.81. The van der Waals surface area contributed by atoms with Crippen molar-refractivity contribution in [3.8, 4) is 0 Å². The molecule has 1 rings (SSSR count). The second kappa shape index (κ2) is 3.35. The molecule has 0 saturated heterocycles. The second-order valence-corrected chi connectivity index (χ2v) is 3.64. The van der Waals surface area contributed by atoms with Crippen LogP contribution in [0.2, 0.25) is 0 Å². The standard InChI is InChI=1S/C5H5NS.Sn/c7-5-3-1-2-4-6-5;/h1-4H,(H,6,7);/q;+1/p-1. The van der Waals surface area contributed by atoms with E-state index in [0.29, 0.717) is 0 Å². The van der Waals surface area contributed by atoms with E-state index in [1.54, 1.807) is 8.95 Å². The van der Waals surface area contributed by atoms with E-state index >= 15 is 0 Å². The molecule has 1 heterocycles. The van der Waals surface area contributed by atoms with Gasteiger partial charge in [0, 0.05) is 0 Å². The van der Waals surface area contributed by atoms with Crippen molar-refractivity contribution < 1.29 is 0 Å². The SMILES string of the molecule is [Sn][S]c1ccccn1. The Morgan fingerprint density at radius 2 is 2.38 bits per heavy atom. The van der Waals surface area contributed by atoms with E-state index in [9.17, 15) is 0 Å². The molecule has 0 aliphatic heterocycles. The normalized spacial score (nSPS) is 9.12. The maximum absolute atomic E-state index is 4.08. The minimum atomic E-state index is 1.12. The maximum atomic E-state index is 4.08. The summed E-state index contributed by atoms with van der Waals surface area (Å²) in [6, 6.07) is 5.94.